The van der Waals surface area contributed by atoms with E-state index in [-0.39, 0.29) is 0 Å². The second-order valence-electron chi connectivity index (χ2n) is 3.69. The predicted molar refractivity (Wildman–Crippen MR) is 58.2 cm³/mol. The Bertz CT molecular complexity index is 336. The molecule has 1 atom stereocenters. The van der Waals surface area contributed by atoms with Crippen molar-refractivity contribution >= 4 is 5.82 Å². The van der Waals surface area contributed by atoms with Gasteiger partial charge in [-0.3, -0.25) is 0 Å². The van der Waals surface area contributed by atoms with E-state index in [1.54, 1.807) is 7.11 Å². The van der Waals surface area contributed by atoms with Gasteiger partial charge in [-0.1, -0.05) is 0 Å². The van der Waals surface area contributed by atoms with Gasteiger partial charge in [0, 0.05) is 12.6 Å². The molecule has 1 aromatic heterocycles. The lowest BCUT2D eigenvalue weighted by Crippen LogP contribution is -2.23. The summed E-state index contributed by atoms with van der Waals surface area (Å²) in [6.45, 7) is 4.02. The minimum atomic E-state index is 0.461. The van der Waals surface area contributed by atoms with Gasteiger partial charge in [-0.2, -0.15) is 0 Å². The zero-order valence-corrected chi connectivity index (χ0v) is 9.08. The van der Waals surface area contributed by atoms with E-state index in [1.165, 1.54) is 6.33 Å². The van der Waals surface area contributed by atoms with Crippen molar-refractivity contribution in [3.05, 3.63) is 11.9 Å². The van der Waals surface area contributed by atoms with Gasteiger partial charge in [-0.05, 0) is 19.9 Å². The van der Waals surface area contributed by atoms with Crippen LogP contribution in [0, 0.1) is 6.92 Å². The Morgan fingerprint density at radius 2 is 2.40 bits per heavy atom. The number of anilines is 1. The van der Waals surface area contributed by atoms with E-state index in [2.05, 4.69) is 20.6 Å². The van der Waals surface area contributed by atoms with Crippen LogP contribution >= 0.6 is 0 Å². The van der Waals surface area contributed by atoms with E-state index in [0.717, 1.165) is 30.9 Å². The van der Waals surface area contributed by atoms with Gasteiger partial charge in [0.2, 0.25) is 5.88 Å². The summed E-state index contributed by atoms with van der Waals surface area (Å²) in [7, 11) is 1.62. The highest BCUT2D eigenvalue weighted by molar-refractivity contribution is 5.48. The maximum Gasteiger partial charge on any atom is 0.221 e. The molecule has 1 fully saturated rings. The summed E-state index contributed by atoms with van der Waals surface area (Å²) < 4.78 is 5.14. The van der Waals surface area contributed by atoms with Crippen LogP contribution in [0.2, 0.25) is 0 Å². The van der Waals surface area contributed by atoms with Crippen LogP contribution in [0.1, 0.15) is 12.0 Å². The maximum absolute atomic E-state index is 5.14. The molecule has 5 nitrogen and oxygen atoms in total. The van der Waals surface area contributed by atoms with Crippen LogP contribution in [-0.2, 0) is 0 Å². The summed E-state index contributed by atoms with van der Waals surface area (Å²) in [5.74, 6) is 1.51. The van der Waals surface area contributed by atoms with Crippen molar-refractivity contribution in [2.45, 2.75) is 19.4 Å². The lowest BCUT2D eigenvalue weighted by molar-refractivity contribution is 0.393. The van der Waals surface area contributed by atoms with Gasteiger partial charge in [0.25, 0.3) is 0 Å². The molecule has 0 aliphatic carbocycles. The number of rotatable bonds is 3. The third-order valence-electron chi connectivity index (χ3n) is 2.63. The molecule has 82 valence electrons. The van der Waals surface area contributed by atoms with E-state index in [4.69, 9.17) is 4.74 Å². The van der Waals surface area contributed by atoms with Crippen molar-refractivity contribution in [2.24, 2.45) is 0 Å². The smallest absolute Gasteiger partial charge is 0.221 e. The number of hydrogen-bond donors (Lipinski definition) is 2. The molecule has 0 amide bonds. The summed E-state index contributed by atoms with van der Waals surface area (Å²) in [6, 6.07) is 0.461. The summed E-state index contributed by atoms with van der Waals surface area (Å²) in [5, 5.41) is 6.69. The molecule has 0 aromatic carbocycles. The third kappa shape index (κ3) is 2.18. The minimum absolute atomic E-state index is 0.461. The van der Waals surface area contributed by atoms with Gasteiger partial charge in [0.1, 0.15) is 12.1 Å². The van der Waals surface area contributed by atoms with Crippen LogP contribution in [0.25, 0.3) is 0 Å². The van der Waals surface area contributed by atoms with Crippen molar-refractivity contribution in [3.63, 3.8) is 0 Å². The van der Waals surface area contributed by atoms with Crippen molar-refractivity contribution in [1.29, 1.82) is 0 Å². The van der Waals surface area contributed by atoms with Crippen LogP contribution in [0.15, 0.2) is 6.33 Å². The molecule has 2 N–H and O–H groups in total. The Morgan fingerprint density at radius 3 is 3.07 bits per heavy atom. The molecular weight excluding hydrogens is 192 g/mol. The molecule has 1 unspecified atom stereocenters. The first-order valence-corrected chi connectivity index (χ1v) is 5.14. The Hall–Kier alpha value is -1.36. The van der Waals surface area contributed by atoms with E-state index < -0.39 is 0 Å². The quantitative estimate of drug-likeness (QED) is 0.760. The fourth-order valence-electron chi connectivity index (χ4n) is 1.76. The number of methoxy groups -OCH3 is 1. The molecule has 0 spiro atoms. The fraction of sp³-hybridized carbons (Fsp3) is 0.600. The van der Waals surface area contributed by atoms with Gasteiger partial charge in [0.05, 0.1) is 12.7 Å². The van der Waals surface area contributed by atoms with Gasteiger partial charge in [-0.25, -0.2) is 9.97 Å². The summed E-state index contributed by atoms with van der Waals surface area (Å²) >= 11 is 0. The topological polar surface area (TPSA) is 59.1 Å². The Kier molecular flexibility index (Phi) is 3.01. The molecular formula is C10H16N4O. The summed E-state index contributed by atoms with van der Waals surface area (Å²) in [6.07, 6.45) is 2.66. The Morgan fingerprint density at radius 1 is 1.53 bits per heavy atom. The van der Waals surface area contributed by atoms with E-state index in [1.807, 2.05) is 6.92 Å². The number of aromatic nitrogens is 2. The first-order valence-electron chi connectivity index (χ1n) is 5.14. The lowest BCUT2D eigenvalue weighted by atomic mass is 10.2. The first-order chi connectivity index (χ1) is 7.31. The molecule has 0 saturated carbocycles. The molecule has 1 saturated heterocycles. The van der Waals surface area contributed by atoms with Gasteiger partial charge in [0.15, 0.2) is 0 Å². The van der Waals surface area contributed by atoms with Crippen molar-refractivity contribution in [3.8, 4) is 5.88 Å². The van der Waals surface area contributed by atoms with Crippen molar-refractivity contribution < 1.29 is 4.74 Å². The van der Waals surface area contributed by atoms with Crippen LogP contribution in [-0.4, -0.2) is 36.2 Å². The summed E-state index contributed by atoms with van der Waals surface area (Å²) in [4.78, 5) is 8.26. The monoisotopic (exact) mass is 208 g/mol. The second kappa shape index (κ2) is 4.44. The molecule has 2 rings (SSSR count). The highest BCUT2D eigenvalue weighted by Gasteiger charge is 2.16. The Balaban J connectivity index is 2.13. The van der Waals surface area contributed by atoms with Crippen molar-refractivity contribution in [2.75, 3.05) is 25.5 Å². The average molecular weight is 208 g/mol. The standard InChI is InChI=1S/C10H16N4O/c1-7-9(12-6-13-10(7)15-2)14-8-3-4-11-5-8/h6,8,11H,3-5H2,1-2H3,(H,12,13,14). The number of ether oxygens (including phenoxy) is 1. The molecule has 0 bridgehead atoms. The maximum atomic E-state index is 5.14. The summed E-state index contributed by atoms with van der Waals surface area (Å²) in [5.41, 5.74) is 0.965. The molecule has 1 aromatic rings. The van der Waals surface area contributed by atoms with E-state index in [9.17, 15) is 0 Å². The van der Waals surface area contributed by atoms with Crippen molar-refractivity contribution in [1.82, 2.24) is 15.3 Å². The second-order valence-corrected chi connectivity index (χ2v) is 3.69. The average Bonchev–Trinajstić information content (AvgIpc) is 2.74. The highest BCUT2D eigenvalue weighted by atomic mass is 16.5. The molecule has 1 aliphatic rings. The largest absolute Gasteiger partial charge is 0.481 e. The van der Waals surface area contributed by atoms with Crippen LogP contribution in [0.3, 0.4) is 0 Å². The third-order valence-corrected chi connectivity index (χ3v) is 2.63. The predicted octanol–water partition coefficient (Wildman–Crippen LogP) is 0.567. The lowest BCUT2D eigenvalue weighted by Gasteiger charge is -2.14. The normalized spacial score (nSPS) is 20.3. The molecule has 5 heteroatoms. The fourth-order valence-corrected chi connectivity index (χ4v) is 1.76. The van der Waals surface area contributed by atoms with Crippen LogP contribution in [0.5, 0.6) is 5.88 Å². The first kappa shape index (κ1) is 10.2. The minimum Gasteiger partial charge on any atom is -0.481 e. The van der Waals surface area contributed by atoms with Gasteiger partial charge in [-0.15, -0.1) is 0 Å². The van der Waals surface area contributed by atoms with E-state index in [0.29, 0.717) is 11.9 Å². The van der Waals surface area contributed by atoms with Crippen LogP contribution in [0.4, 0.5) is 5.82 Å². The Labute approximate surface area is 89.3 Å². The highest BCUT2D eigenvalue weighted by Crippen LogP contribution is 2.21. The zero-order chi connectivity index (χ0) is 10.7. The number of nitrogens with one attached hydrogen (secondary N) is 2. The molecule has 1 aliphatic heterocycles. The number of nitrogens with zero attached hydrogens (tertiary/aromatic N) is 2. The molecule has 2 heterocycles. The number of hydrogen-bond acceptors (Lipinski definition) is 5. The van der Waals surface area contributed by atoms with Crippen LogP contribution < -0.4 is 15.4 Å². The SMILES string of the molecule is COc1ncnc(NC2CCNC2)c1C. The molecule has 15 heavy (non-hydrogen) atoms. The van der Waals surface area contributed by atoms with Gasteiger partial charge >= 0.3 is 0 Å². The zero-order valence-electron chi connectivity index (χ0n) is 9.08. The molecule has 0 radical (unpaired) electrons. The van der Waals surface area contributed by atoms with E-state index >= 15 is 0 Å². The van der Waals surface area contributed by atoms with Gasteiger partial charge < -0.3 is 15.4 Å².